The molecule has 2 heteroatoms. The third kappa shape index (κ3) is 2.61. The molecule has 1 aliphatic heterocycles. The van der Waals surface area contributed by atoms with Crippen molar-refractivity contribution in [3.05, 3.63) is 29.8 Å². The van der Waals surface area contributed by atoms with E-state index in [2.05, 4.69) is 50.4 Å². The fourth-order valence-electron chi connectivity index (χ4n) is 1.96. The van der Waals surface area contributed by atoms with Gasteiger partial charge in [-0.25, -0.2) is 0 Å². The SMILES string of the molecule is CC(C)C(C)NCC1CSc2ccccc21. The van der Waals surface area contributed by atoms with E-state index in [0.29, 0.717) is 17.9 Å². The highest BCUT2D eigenvalue weighted by Gasteiger charge is 2.22. The Morgan fingerprint density at radius 3 is 2.81 bits per heavy atom. The van der Waals surface area contributed by atoms with Crippen LogP contribution >= 0.6 is 11.8 Å². The number of rotatable bonds is 4. The van der Waals surface area contributed by atoms with E-state index in [4.69, 9.17) is 0 Å². The van der Waals surface area contributed by atoms with Gasteiger partial charge in [-0.05, 0) is 24.5 Å². The molecule has 0 amide bonds. The van der Waals surface area contributed by atoms with Crippen molar-refractivity contribution in [1.82, 2.24) is 5.32 Å². The van der Waals surface area contributed by atoms with Gasteiger partial charge in [0.15, 0.2) is 0 Å². The fourth-order valence-corrected chi connectivity index (χ4v) is 3.22. The smallest absolute Gasteiger partial charge is 0.0108 e. The van der Waals surface area contributed by atoms with Crippen molar-refractivity contribution in [1.29, 1.82) is 0 Å². The maximum atomic E-state index is 3.65. The van der Waals surface area contributed by atoms with Crippen molar-refractivity contribution < 1.29 is 0 Å². The third-order valence-corrected chi connectivity index (χ3v) is 4.74. The van der Waals surface area contributed by atoms with Crippen LogP contribution in [0.5, 0.6) is 0 Å². The summed E-state index contributed by atoms with van der Waals surface area (Å²) in [4.78, 5) is 1.48. The first kappa shape index (κ1) is 12.0. The molecule has 88 valence electrons. The second kappa shape index (κ2) is 5.24. The number of fused-ring (bicyclic) bond motifs is 1. The highest BCUT2D eigenvalue weighted by molar-refractivity contribution is 7.99. The Morgan fingerprint density at radius 1 is 1.31 bits per heavy atom. The Bertz CT molecular complexity index is 348. The van der Waals surface area contributed by atoms with E-state index in [1.165, 1.54) is 16.2 Å². The maximum Gasteiger partial charge on any atom is 0.0108 e. The van der Waals surface area contributed by atoms with E-state index in [9.17, 15) is 0 Å². The standard InChI is InChI=1S/C14H21NS/c1-10(2)11(3)15-8-12-9-16-14-7-5-4-6-13(12)14/h4-7,10-12,15H,8-9H2,1-3H3. The molecule has 0 aliphatic carbocycles. The summed E-state index contributed by atoms with van der Waals surface area (Å²) in [7, 11) is 0. The lowest BCUT2D eigenvalue weighted by atomic mass is 10.00. The average molecular weight is 235 g/mol. The predicted molar refractivity (Wildman–Crippen MR) is 72.2 cm³/mol. The molecule has 1 aromatic rings. The van der Waals surface area contributed by atoms with Crippen molar-refractivity contribution in [2.75, 3.05) is 12.3 Å². The zero-order valence-electron chi connectivity index (χ0n) is 10.4. The Morgan fingerprint density at radius 2 is 2.06 bits per heavy atom. The van der Waals surface area contributed by atoms with E-state index in [1.54, 1.807) is 0 Å². The van der Waals surface area contributed by atoms with Crippen LogP contribution in [0.3, 0.4) is 0 Å². The quantitative estimate of drug-likeness (QED) is 0.857. The van der Waals surface area contributed by atoms with Gasteiger partial charge >= 0.3 is 0 Å². The summed E-state index contributed by atoms with van der Waals surface area (Å²) in [5.74, 6) is 2.64. The Hall–Kier alpha value is -0.470. The van der Waals surface area contributed by atoms with Gasteiger partial charge in [0.25, 0.3) is 0 Å². The monoisotopic (exact) mass is 235 g/mol. The minimum atomic E-state index is 0.609. The highest BCUT2D eigenvalue weighted by Crippen LogP contribution is 2.38. The molecule has 1 aliphatic rings. The summed E-state index contributed by atoms with van der Waals surface area (Å²) in [6, 6.07) is 9.42. The lowest BCUT2D eigenvalue weighted by Crippen LogP contribution is -2.34. The van der Waals surface area contributed by atoms with Gasteiger partial charge in [0.2, 0.25) is 0 Å². The number of hydrogen-bond acceptors (Lipinski definition) is 2. The van der Waals surface area contributed by atoms with Crippen LogP contribution in [0, 0.1) is 5.92 Å². The fraction of sp³-hybridized carbons (Fsp3) is 0.571. The molecule has 0 saturated heterocycles. The summed E-state index contributed by atoms with van der Waals surface area (Å²) >= 11 is 2.00. The van der Waals surface area contributed by atoms with Crippen LogP contribution in [0.1, 0.15) is 32.3 Å². The topological polar surface area (TPSA) is 12.0 Å². The first-order valence-corrected chi connectivity index (χ1v) is 7.12. The summed E-state index contributed by atoms with van der Waals surface area (Å²) < 4.78 is 0. The number of nitrogens with one attached hydrogen (secondary N) is 1. The van der Waals surface area contributed by atoms with Crippen LogP contribution in [-0.4, -0.2) is 18.3 Å². The Labute approximate surface area is 103 Å². The molecular formula is C14H21NS. The van der Waals surface area contributed by atoms with Crippen LogP contribution in [-0.2, 0) is 0 Å². The maximum absolute atomic E-state index is 3.65. The molecular weight excluding hydrogens is 214 g/mol. The van der Waals surface area contributed by atoms with Gasteiger partial charge < -0.3 is 5.32 Å². The summed E-state index contributed by atoms with van der Waals surface area (Å²) in [6.45, 7) is 7.94. The molecule has 0 spiro atoms. The third-order valence-electron chi connectivity index (χ3n) is 3.49. The molecule has 1 aromatic carbocycles. The first-order valence-electron chi connectivity index (χ1n) is 6.13. The summed E-state index contributed by atoms with van der Waals surface area (Å²) in [5, 5.41) is 3.65. The summed E-state index contributed by atoms with van der Waals surface area (Å²) in [5.41, 5.74) is 1.54. The second-order valence-electron chi connectivity index (χ2n) is 4.99. The van der Waals surface area contributed by atoms with Crippen molar-refractivity contribution in [2.24, 2.45) is 5.92 Å². The molecule has 2 rings (SSSR count). The predicted octanol–water partition coefficient (Wildman–Crippen LogP) is 3.51. The minimum Gasteiger partial charge on any atom is -0.313 e. The molecule has 2 atom stereocenters. The Balaban J connectivity index is 1.93. The molecule has 0 aromatic heterocycles. The molecule has 2 unspecified atom stereocenters. The van der Waals surface area contributed by atoms with Gasteiger partial charge in [0, 0.05) is 29.2 Å². The van der Waals surface area contributed by atoms with Gasteiger partial charge in [-0.1, -0.05) is 32.0 Å². The van der Waals surface area contributed by atoms with Crippen molar-refractivity contribution >= 4 is 11.8 Å². The average Bonchev–Trinajstić information content (AvgIpc) is 2.69. The van der Waals surface area contributed by atoms with E-state index in [0.717, 1.165) is 6.54 Å². The van der Waals surface area contributed by atoms with E-state index in [1.807, 2.05) is 11.8 Å². The van der Waals surface area contributed by atoms with E-state index >= 15 is 0 Å². The van der Waals surface area contributed by atoms with E-state index < -0.39 is 0 Å². The highest BCUT2D eigenvalue weighted by atomic mass is 32.2. The van der Waals surface area contributed by atoms with Crippen LogP contribution in [0.2, 0.25) is 0 Å². The van der Waals surface area contributed by atoms with Gasteiger partial charge in [-0.3, -0.25) is 0 Å². The lowest BCUT2D eigenvalue weighted by molar-refractivity contribution is 0.418. The minimum absolute atomic E-state index is 0.609. The summed E-state index contributed by atoms with van der Waals surface area (Å²) in [6.07, 6.45) is 0. The van der Waals surface area contributed by atoms with Crippen molar-refractivity contribution in [3.8, 4) is 0 Å². The second-order valence-corrected chi connectivity index (χ2v) is 6.05. The lowest BCUT2D eigenvalue weighted by Gasteiger charge is -2.20. The Kier molecular flexibility index (Phi) is 3.93. The van der Waals surface area contributed by atoms with Gasteiger partial charge in [0.05, 0.1) is 0 Å². The zero-order chi connectivity index (χ0) is 11.5. The molecule has 0 bridgehead atoms. The molecule has 1 N–H and O–H groups in total. The van der Waals surface area contributed by atoms with Crippen LogP contribution in [0.15, 0.2) is 29.2 Å². The zero-order valence-corrected chi connectivity index (χ0v) is 11.2. The number of hydrogen-bond donors (Lipinski definition) is 1. The molecule has 0 fully saturated rings. The van der Waals surface area contributed by atoms with Gasteiger partial charge in [-0.2, -0.15) is 0 Å². The molecule has 16 heavy (non-hydrogen) atoms. The molecule has 0 saturated carbocycles. The van der Waals surface area contributed by atoms with Crippen molar-refractivity contribution in [3.63, 3.8) is 0 Å². The molecule has 1 heterocycles. The molecule has 0 radical (unpaired) electrons. The van der Waals surface area contributed by atoms with Gasteiger partial charge in [-0.15, -0.1) is 11.8 Å². The van der Waals surface area contributed by atoms with Crippen LogP contribution in [0.4, 0.5) is 0 Å². The van der Waals surface area contributed by atoms with Gasteiger partial charge in [0.1, 0.15) is 0 Å². The van der Waals surface area contributed by atoms with Crippen LogP contribution in [0.25, 0.3) is 0 Å². The number of benzene rings is 1. The normalized spacial score (nSPS) is 21.1. The first-order chi connectivity index (χ1) is 7.68. The largest absolute Gasteiger partial charge is 0.313 e. The molecule has 1 nitrogen and oxygen atoms in total. The number of thioether (sulfide) groups is 1. The van der Waals surface area contributed by atoms with Crippen LogP contribution < -0.4 is 5.32 Å². The van der Waals surface area contributed by atoms with Crippen molar-refractivity contribution in [2.45, 2.75) is 37.6 Å². The van der Waals surface area contributed by atoms with E-state index in [-0.39, 0.29) is 0 Å².